The van der Waals surface area contributed by atoms with Crippen molar-refractivity contribution in [3.63, 3.8) is 0 Å². The van der Waals surface area contributed by atoms with Crippen molar-refractivity contribution in [3.8, 4) is 0 Å². The van der Waals surface area contributed by atoms with Crippen LogP contribution in [-0.4, -0.2) is 54.9 Å². The molecule has 2 aromatic carbocycles. The quantitative estimate of drug-likeness (QED) is 0.335. The van der Waals surface area contributed by atoms with E-state index in [-0.39, 0.29) is 12.4 Å². The van der Waals surface area contributed by atoms with Crippen molar-refractivity contribution in [1.29, 1.82) is 0 Å². The number of nitrogens with zero attached hydrogens (tertiary/aromatic N) is 1. The van der Waals surface area contributed by atoms with Gasteiger partial charge in [-0.25, -0.2) is 0 Å². The van der Waals surface area contributed by atoms with Crippen molar-refractivity contribution in [2.45, 2.75) is 71.8 Å². The van der Waals surface area contributed by atoms with Crippen LogP contribution >= 0.6 is 0 Å². The van der Waals surface area contributed by atoms with E-state index in [9.17, 15) is 9.90 Å². The minimum absolute atomic E-state index is 0.0608. The van der Waals surface area contributed by atoms with Crippen molar-refractivity contribution < 1.29 is 14.6 Å². The van der Waals surface area contributed by atoms with E-state index < -0.39 is 12.2 Å². The Bertz CT molecular complexity index is 782. The molecule has 5 heteroatoms. The molecule has 0 saturated heterocycles. The van der Waals surface area contributed by atoms with Crippen LogP contribution in [0.4, 0.5) is 5.69 Å². The van der Waals surface area contributed by atoms with Gasteiger partial charge in [0.2, 0.25) is 0 Å². The van der Waals surface area contributed by atoms with Crippen LogP contribution < -0.4 is 10.2 Å². The van der Waals surface area contributed by atoms with Gasteiger partial charge in [-0.1, -0.05) is 49.4 Å². The molecule has 2 rings (SSSR count). The molecule has 0 bridgehead atoms. The number of carbonyl (C=O) groups excluding carboxylic acids is 1. The highest BCUT2D eigenvalue weighted by molar-refractivity contribution is 5.99. The first kappa shape index (κ1) is 26.0. The number of anilines is 1. The van der Waals surface area contributed by atoms with E-state index in [0.717, 1.165) is 18.5 Å². The molecule has 2 atom stereocenters. The summed E-state index contributed by atoms with van der Waals surface area (Å²) in [5, 5.41) is 13.4. The van der Waals surface area contributed by atoms with Crippen LogP contribution in [0.25, 0.3) is 0 Å². The predicted molar refractivity (Wildman–Crippen MR) is 133 cm³/mol. The lowest BCUT2D eigenvalue weighted by Crippen LogP contribution is -2.37. The number of rotatable bonds is 14. The average molecular weight is 441 g/mol. The van der Waals surface area contributed by atoms with Gasteiger partial charge in [0.15, 0.2) is 5.78 Å². The summed E-state index contributed by atoms with van der Waals surface area (Å²) in [7, 11) is 0. The molecule has 2 unspecified atom stereocenters. The summed E-state index contributed by atoms with van der Waals surface area (Å²) in [6.45, 7) is 12.3. The topological polar surface area (TPSA) is 61.8 Å². The number of aliphatic hydroxyl groups excluding tert-OH is 1. The third-order valence-electron chi connectivity index (χ3n) is 5.42. The monoisotopic (exact) mass is 440 g/mol. The highest BCUT2D eigenvalue weighted by Crippen LogP contribution is 2.22. The predicted octanol–water partition coefficient (Wildman–Crippen LogP) is 4.48. The van der Waals surface area contributed by atoms with Gasteiger partial charge in [-0.15, -0.1) is 0 Å². The van der Waals surface area contributed by atoms with Gasteiger partial charge in [-0.05, 0) is 58.4 Å². The Balaban J connectivity index is 2.12. The van der Waals surface area contributed by atoms with Crippen LogP contribution in [0.1, 0.15) is 57.0 Å². The van der Waals surface area contributed by atoms with Crippen molar-refractivity contribution in [1.82, 2.24) is 5.32 Å². The minimum atomic E-state index is -0.652. The summed E-state index contributed by atoms with van der Waals surface area (Å²) in [5.74, 6) is -0.0608. The molecule has 176 valence electrons. The van der Waals surface area contributed by atoms with Crippen molar-refractivity contribution in [2.75, 3.05) is 24.6 Å². The van der Waals surface area contributed by atoms with Gasteiger partial charge in [-0.3, -0.25) is 4.79 Å². The second-order valence-electron chi connectivity index (χ2n) is 8.88. The molecule has 0 aromatic heterocycles. The SMILES string of the molecule is CCCNCC(O)COC(Cc1ccc(N(C(C)C)C(C)C)cc1)C(=O)c1ccccc1. The molecule has 0 radical (unpaired) electrons. The minimum Gasteiger partial charge on any atom is -0.389 e. The summed E-state index contributed by atoms with van der Waals surface area (Å²) >= 11 is 0. The highest BCUT2D eigenvalue weighted by Gasteiger charge is 2.23. The van der Waals surface area contributed by atoms with E-state index in [4.69, 9.17) is 4.74 Å². The molecule has 0 aliphatic heterocycles. The zero-order chi connectivity index (χ0) is 23.5. The van der Waals surface area contributed by atoms with Crippen LogP contribution in [0.5, 0.6) is 0 Å². The number of hydrogen-bond donors (Lipinski definition) is 2. The molecule has 0 heterocycles. The van der Waals surface area contributed by atoms with E-state index >= 15 is 0 Å². The lowest BCUT2D eigenvalue weighted by molar-refractivity contribution is -0.00162. The number of benzene rings is 2. The first-order chi connectivity index (χ1) is 15.3. The maximum absolute atomic E-state index is 13.1. The second kappa shape index (κ2) is 13.4. The maximum atomic E-state index is 13.1. The number of aliphatic hydroxyl groups is 1. The van der Waals surface area contributed by atoms with Gasteiger partial charge in [0.05, 0.1) is 12.7 Å². The molecule has 0 spiro atoms. The van der Waals surface area contributed by atoms with Crippen LogP contribution in [-0.2, 0) is 11.2 Å². The molecule has 0 saturated carbocycles. The van der Waals surface area contributed by atoms with Crippen molar-refractivity contribution in [2.24, 2.45) is 0 Å². The summed E-state index contributed by atoms with van der Waals surface area (Å²) in [5.41, 5.74) is 2.83. The van der Waals surface area contributed by atoms with E-state index in [1.54, 1.807) is 0 Å². The summed E-state index contributed by atoms with van der Waals surface area (Å²) < 4.78 is 5.96. The standard InChI is InChI=1S/C27H40N2O3/c1-6-16-28-18-25(30)19-32-26(27(31)23-10-8-7-9-11-23)17-22-12-14-24(15-13-22)29(20(2)3)21(4)5/h7-15,20-21,25-26,28,30H,6,16-19H2,1-5H3. The van der Waals surface area contributed by atoms with Crippen LogP contribution in [0, 0.1) is 0 Å². The summed E-state index contributed by atoms with van der Waals surface area (Å²) in [6.07, 6.45) is 0.173. The Morgan fingerprint density at radius 1 is 1.00 bits per heavy atom. The molecule has 0 aliphatic carbocycles. The number of Topliss-reactive ketones (excluding diaryl/α,β-unsaturated/α-hetero) is 1. The lowest BCUT2D eigenvalue weighted by atomic mass is 9.99. The zero-order valence-corrected chi connectivity index (χ0v) is 20.3. The van der Waals surface area contributed by atoms with Gasteiger partial charge in [-0.2, -0.15) is 0 Å². The number of ketones is 1. The molecule has 0 amide bonds. The fourth-order valence-corrected chi connectivity index (χ4v) is 3.96. The normalized spacial score (nSPS) is 13.4. The van der Waals surface area contributed by atoms with Crippen LogP contribution in [0.15, 0.2) is 54.6 Å². The van der Waals surface area contributed by atoms with Gasteiger partial charge in [0, 0.05) is 36.3 Å². The van der Waals surface area contributed by atoms with Gasteiger partial charge in [0.25, 0.3) is 0 Å². The van der Waals surface area contributed by atoms with Gasteiger partial charge in [0.1, 0.15) is 6.10 Å². The molecular formula is C27H40N2O3. The number of hydrogen-bond acceptors (Lipinski definition) is 5. The molecule has 0 fully saturated rings. The Labute approximate surface area is 193 Å². The molecular weight excluding hydrogens is 400 g/mol. The van der Waals surface area contributed by atoms with Crippen LogP contribution in [0.3, 0.4) is 0 Å². The number of nitrogens with one attached hydrogen (secondary N) is 1. The lowest BCUT2D eigenvalue weighted by Gasteiger charge is -2.33. The van der Waals surface area contributed by atoms with Crippen LogP contribution in [0.2, 0.25) is 0 Å². The molecule has 2 N–H and O–H groups in total. The fourth-order valence-electron chi connectivity index (χ4n) is 3.96. The van der Waals surface area contributed by atoms with E-state index in [0.29, 0.717) is 30.6 Å². The van der Waals surface area contributed by atoms with E-state index in [2.05, 4.69) is 69.1 Å². The Kier molecular flexibility index (Phi) is 10.9. The first-order valence-electron chi connectivity index (χ1n) is 11.8. The van der Waals surface area contributed by atoms with Gasteiger partial charge < -0.3 is 20.1 Å². The molecule has 2 aromatic rings. The molecule has 32 heavy (non-hydrogen) atoms. The summed E-state index contributed by atoms with van der Waals surface area (Å²) in [4.78, 5) is 15.5. The molecule has 0 aliphatic rings. The second-order valence-corrected chi connectivity index (χ2v) is 8.88. The maximum Gasteiger partial charge on any atom is 0.191 e. The number of carbonyl (C=O) groups is 1. The third-order valence-corrected chi connectivity index (χ3v) is 5.42. The largest absolute Gasteiger partial charge is 0.389 e. The fraction of sp³-hybridized carbons (Fsp3) is 0.519. The van der Waals surface area contributed by atoms with Crippen molar-refractivity contribution in [3.05, 3.63) is 65.7 Å². The Morgan fingerprint density at radius 2 is 1.62 bits per heavy atom. The highest BCUT2D eigenvalue weighted by atomic mass is 16.5. The molecule has 5 nitrogen and oxygen atoms in total. The third kappa shape index (κ3) is 8.05. The average Bonchev–Trinajstić information content (AvgIpc) is 2.77. The number of ether oxygens (including phenoxy) is 1. The zero-order valence-electron chi connectivity index (χ0n) is 20.3. The van der Waals surface area contributed by atoms with E-state index in [1.165, 1.54) is 5.69 Å². The van der Waals surface area contributed by atoms with E-state index in [1.807, 2.05) is 30.3 Å². The first-order valence-corrected chi connectivity index (χ1v) is 11.8. The smallest absolute Gasteiger partial charge is 0.191 e. The summed E-state index contributed by atoms with van der Waals surface area (Å²) in [6, 6.07) is 18.4. The van der Waals surface area contributed by atoms with Gasteiger partial charge >= 0.3 is 0 Å². The Morgan fingerprint density at radius 3 is 2.19 bits per heavy atom. The Hall–Kier alpha value is -2.21. The van der Waals surface area contributed by atoms with Crippen molar-refractivity contribution >= 4 is 11.5 Å².